The van der Waals surface area contributed by atoms with E-state index in [1.807, 2.05) is 43.5 Å². The van der Waals surface area contributed by atoms with Crippen LogP contribution in [0.1, 0.15) is 59.8 Å². The van der Waals surface area contributed by atoms with Gasteiger partial charge in [0.2, 0.25) is 5.72 Å². The minimum Gasteiger partial charge on any atom is -0.461 e. The van der Waals surface area contributed by atoms with Crippen LogP contribution >= 0.6 is 0 Å². The molecule has 4 heteroatoms. The van der Waals surface area contributed by atoms with Gasteiger partial charge in [0.05, 0.1) is 6.21 Å². The topological polar surface area (TPSA) is 41.9 Å². The lowest BCUT2D eigenvalue weighted by atomic mass is 9.86. The van der Waals surface area contributed by atoms with Crippen molar-refractivity contribution in [2.24, 2.45) is 4.99 Å². The van der Waals surface area contributed by atoms with Gasteiger partial charge in [0.1, 0.15) is 11.4 Å². The van der Waals surface area contributed by atoms with E-state index in [0.717, 1.165) is 27.8 Å². The Morgan fingerprint density at radius 1 is 1.03 bits per heavy atom. The molecule has 3 aromatic rings. The first-order valence-electron chi connectivity index (χ1n) is 10.9. The quantitative estimate of drug-likeness (QED) is 0.472. The van der Waals surface area contributed by atoms with E-state index < -0.39 is 5.72 Å². The predicted molar refractivity (Wildman–Crippen MR) is 126 cm³/mol. The van der Waals surface area contributed by atoms with Crippen molar-refractivity contribution >= 4 is 28.5 Å². The highest BCUT2D eigenvalue weighted by atomic mass is 16.5. The number of Topliss-reactive ketones (excluding diaryl/α,β-unsaturated/α-hetero) is 1. The average molecular weight is 413 g/mol. The van der Waals surface area contributed by atoms with Crippen LogP contribution in [-0.4, -0.2) is 23.9 Å². The first-order chi connectivity index (χ1) is 14.7. The second-order valence-corrected chi connectivity index (χ2v) is 9.25. The third kappa shape index (κ3) is 2.58. The summed E-state index contributed by atoms with van der Waals surface area (Å²) < 4.78 is 6.81. The maximum absolute atomic E-state index is 12.1. The number of ketones is 1. The van der Waals surface area contributed by atoms with Crippen molar-refractivity contribution in [1.29, 1.82) is 0 Å². The van der Waals surface area contributed by atoms with E-state index in [1.54, 1.807) is 0 Å². The van der Waals surface area contributed by atoms with Crippen LogP contribution in [0, 0.1) is 13.8 Å². The molecule has 4 nitrogen and oxygen atoms in total. The number of fused-ring (bicyclic) bond motifs is 5. The van der Waals surface area contributed by atoms with Crippen LogP contribution in [0.25, 0.3) is 10.8 Å². The summed E-state index contributed by atoms with van der Waals surface area (Å²) in [6, 6.07) is 14.2. The Morgan fingerprint density at radius 3 is 2.45 bits per heavy atom. The van der Waals surface area contributed by atoms with Crippen molar-refractivity contribution in [2.75, 3.05) is 7.05 Å². The van der Waals surface area contributed by atoms with Gasteiger partial charge < -0.3 is 4.74 Å². The number of hydrogen-bond acceptors (Lipinski definition) is 4. The van der Waals surface area contributed by atoms with Crippen LogP contribution in [0.4, 0.5) is 5.69 Å². The van der Waals surface area contributed by atoms with Crippen LogP contribution in [0.2, 0.25) is 0 Å². The van der Waals surface area contributed by atoms with Gasteiger partial charge in [0, 0.05) is 28.5 Å². The van der Waals surface area contributed by atoms with Gasteiger partial charge in [0.25, 0.3) is 0 Å². The zero-order valence-electron chi connectivity index (χ0n) is 19.0. The highest BCUT2D eigenvalue weighted by molar-refractivity contribution is 6.04. The number of aliphatic imine (C=N–C) groups is 1. The van der Waals surface area contributed by atoms with Gasteiger partial charge in [-0.15, -0.1) is 0 Å². The Hall–Kier alpha value is -2.98. The average Bonchev–Trinajstić information content (AvgIpc) is 2.94. The second-order valence-electron chi connectivity index (χ2n) is 9.25. The summed E-state index contributed by atoms with van der Waals surface area (Å²) in [5.74, 6) is 0.913. The van der Waals surface area contributed by atoms with Crippen molar-refractivity contribution in [1.82, 2.24) is 4.90 Å². The Morgan fingerprint density at radius 2 is 1.74 bits per heavy atom. The number of rotatable bonds is 2. The zero-order chi connectivity index (χ0) is 22.1. The van der Waals surface area contributed by atoms with Crippen molar-refractivity contribution < 1.29 is 9.53 Å². The predicted octanol–water partition coefficient (Wildman–Crippen LogP) is 6.18. The summed E-state index contributed by atoms with van der Waals surface area (Å²) in [5.41, 5.74) is 5.61. The molecule has 2 aliphatic heterocycles. The maximum atomic E-state index is 12.1. The van der Waals surface area contributed by atoms with Gasteiger partial charge in [-0.1, -0.05) is 37.3 Å². The smallest absolute Gasteiger partial charge is 0.227 e. The molecule has 0 saturated carbocycles. The van der Waals surface area contributed by atoms with Crippen LogP contribution in [0.3, 0.4) is 0 Å². The normalized spacial score (nSPS) is 21.2. The molecular weight excluding hydrogens is 384 g/mol. The molecule has 158 valence electrons. The van der Waals surface area contributed by atoms with Crippen LogP contribution in [0.15, 0.2) is 47.5 Å². The number of carbonyl (C=O) groups excluding carboxylic acids is 1. The van der Waals surface area contributed by atoms with E-state index >= 15 is 0 Å². The van der Waals surface area contributed by atoms with Gasteiger partial charge in [-0.2, -0.15) is 0 Å². The highest BCUT2D eigenvalue weighted by Gasteiger charge is 2.56. The van der Waals surface area contributed by atoms with E-state index in [9.17, 15) is 4.79 Å². The van der Waals surface area contributed by atoms with Crippen molar-refractivity contribution in [3.05, 3.63) is 70.3 Å². The van der Waals surface area contributed by atoms with E-state index in [1.165, 1.54) is 22.3 Å². The molecule has 31 heavy (non-hydrogen) atoms. The minimum absolute atomic E-state index is 0.149. The molecule has 0 aromatic heterocycles. The number of ether oxygens (including phenoxy) is 1. The highest BCUT2D eigenvalue weighted by Crippen LogP contribution is 2.54. The van der Waals surface area contributed by atoms with E-state index in [2.05, 4.69) is 51.8 Å². The molecule has 0 amide bonds. The lowest BCUT2D eigenvalue weighted by Gasteiger charge is -2.41. The fourth-order valence-corrected chi connectivity index (χ4v) is 5.31. The third-order valence-corrected chi connectivity index (χ3v) is 7.16. The van der Waals surface area contributed by atoms with Crippen molar-refractivity contribution in [3.8, 4) is 5.75 Å². The number of nitrogens with zero attached hydrogens (tertiary/aromatic N) is 2. The van der Waals surface area contributed by atoms with Gasteiger partial charge in [-0.3, -0.25) is 14.7 Å². The first kappa shape index (κ1) is 20.0. The summed E-state index contributed by atoms with van der Waals surface area (Å²) >= 11 is 0. The molecule has 1 unspecified atom stereocenters. The van der Waals surface area contributed by atoms with E-state index in [-0.39, 0.29) is 11.3 Å². The Bertz CT molecular complexity index is 1290. The maximum Gasteiger partial charge on any atom is 0.227 e. The van der Waals surface area contributed by atoms with Crippen LogP contribution < -0.4 is 4.74 Å². The molecule has 1 spiro atoms. The molecule has 0 aliphatic carbocycles. The van der Waals surface area contributed by atoms with Gasteiger partial charge in [-0.05, 0) is 69.0 Å². The van der Waals surface area contributed by atoms with Crippen molar-refractivity contribution in [2.45, 2.75) is 52.3 Å². The summed E-state index contributed by atoms with van der Waals surface area (Å²) in [4.78, 5) is 19.4. The van der Waals surface area contributed by atoms with Gasteiger partial charge in [-0.25, -0.2) is 0 Å². The minimum atomic E-state index is -0.742. The third-order valence-electron chi connectivity index (χ3n) is 7.16. The lowest BCUT2D eigenvalue weighted by Crippen LogP contribution is -2.51. The first-order valence-corrected chi connectivity index (χ1v) is 10.9. The molecular formula is C27H28N2O2. The van der Waals surface area contributed by atoms with Crippen LogP contribution in [0.5, 0.6) is 5.75 Å². The van der Waals surface area contributed by atoms with E-state index in [4.69, 9.17) is 9.73 Å². The van der Waals surface area contributed by atoms with Crippen LogP contribution in [-0.2, 0) is 11.3 Å². The molecule has 2 heterocycles. The molecule has 5 rings (SSSR count). The standard InChI is InChI=1S/C27H28N2O2/c1-7-21(30)19-10-12-20-18(14-19)11-13-22-25(20)28-15-27(31-22)24-17(3)9-8-16(2)23(24)26(4,5)29(27)6/h8-15H,7H2,1-6H3. The molecule has 0 N–H and O–H groups in total. The molecule has 0 radical (unpaired) electrons. The summed E-state index contributed by atoms with van der Waals surface area (Å²) in [6.45, 7) is 10.7. The van der Waals surface area contributed by atoms with Crippen molar-refractivity contribution in [3.63, 3.8) is 0 Å². The zero-order valence-corrected chi connectivity index (χ0v) is 19.0. The van der Waals surface area contributed by atoms with E-state index in [0.29, 0.717) is 6.42 Å². The number of hydrogen-bond donors (Lipinski definition) is 0. The summed E-state index contributed by atoms with van der Waals surface area (Å²) in [5, 5.41) is 2.00. The molecule has 2 aliphatic rings. The summed E-state index contributed by atoms with van der Waals surface area (Å²) in [6.07, 6.45) is 2.46. The fraction of sp³-hybridized carbons (Fsp3) is 0.333. The number of carbonyl (C=O) groups is 1. The fourth-order valence-electron chi connectivity index (χ4n) is 5.31. The number of aryl methyl sites for hydroxylation is 2. The SMILES string of the molecule is CCC(=O)c1ccc2c3c(ccc2c1)OC1(C=N3)c2c(C)ccc(C)c2C(C)(C)N1C. The molecule has 0 fully saturated rings. The molecule has 0 bridgehead atoms. The Labute approximate surface area is 183 Å². The lowest BCUT2D eigenvalue weighted by molar-refractivity contribution is -0.0477. The summed E-state index contributed by atoms with van der Waals surface area (Å²) in [7, 11) is 2.11. The van der Waals surface area contributed by atoms with Gasteiger partial charge in [0.15, 0.2) is 5.78 Å². The molecule has 3 aromatic carbocycles. The Balaban J connectivity index is 1.69. The van der Waals surface area contributed by atoms with Gasteiger partial charge >= 0.3 is 0 Å². The number of benzene rings is 3. The Kier molecular flexibility index (Phi) is 4.19. The molecule has 1 atom stereocenters. The molecule has 0 saturated heterocycles. The monoisotopic (exact) mass is 412 g/mol. The largest absolute Gasteiger partial charge is 0.461 e. The second kappa shape index (κ2) is 6.51.